The van der Waals surface area contributed by atoms with Gasteiger partial charge < -0.3 is 10.4 Å². The van der Waals surface area contributed by atoms with E-state index in [1.54, 1.807) is 29.1 Å². The molecular formula is C13H14ClN5O. The molecule has 0 aliphatic heterocycles. The van der Waals surface area contributed by atoms with Crippen molar-refractivity contribution in [2.45, 2.75) is 19.0 Å². The van der Waals surface area contributed by atoms with Crippen LogP contribution >= 0.6 is 11.6 Å². The number of nitriles is 1. The number of aryl methyl sites for hydroxylation is 1. The topological polar surface area (TPSA) is 86.8 Å². The largest absolute Gasteiger partial charge is 0.396 e. The normalized spacial score (nSPS) is 11.8. The Bertz CT molecular complexity index is 607. The van der Waals surface area contributed by atoms with E-state index in [1.807, 2.05) is 6.07 Å². The van der Waals surface area contributed by atoms with Crippen LogP contribution in [0.3, 0.4) is 0 Å². The number of aliphatic hydroxyl groups excluding tert-OH is 1. The fourth-order valence-corrected chi connectivity index (χ4v) is 1.90. The van der Waals surface area contributed by atoms with Crippen molar-refractivity contribution < 1.29 is 5.11 Å². The van der Waals surface area contributed by atoms with Crippen molar-refractivity contribution in [1.29, 1.82) is 5.26 Å². The maximum atomic E-state index is 9.23. The first-order valence-electron chi connectivity index (χ1n) is 6.15. The third-order valence-electron chi connectivity index (χ3n) is 2.66. The number of hydrogen-bond donors (Lipinski definition) is 2. The number of nitrogens with zero attached hydrogens (tertiary/aromatic N) is 4. The summed E-state index contributed by atoms with van der Waals surface area (Å²) in [5.41, 5.74) is 1.28. The third-order valence-corrected chi connectivity index (χ3v) is 2.90. The van der Waals surface area contributed by atoms with Crippen LogP contribution in [-0.2, 0) is 6.54 Å². The van der Waals surface area contributed by atoms with Gasteiger partial charge in [-0.15, -0.1) is 5.10 Å². The first-order valence-corrected chi connectivity index (χ1v) is 6.53. The van der Waals surface area contributed by atoms with E-state index in [-0.39, 0.29) is 6.61 Å². The lowest BCUT2D eigenvalue weighted by Crippen LogP contribution is -2.09. The predicted molar refractivity (Wildman–Crippen MR) is 75.2 cm³/mol. The van der Waals surface area contributed by atoms with Crippen molar-refractivity contribution in [3.63, 3.8) is 0 Å². The van der Waals surface area contributed by atoms with Crippen molar-refractivity contribution >= 4 is 17.3 Å². The molecular weight excluding hydrogens is 278 g/mol. The number of nitrogens with one attached hydrogen (secondary N) is 1. The molecule has 0 radical (unpaired) electrons. The number of benzene rings is 1. The Morgan fingerprint density at radius 2 is 2.35 bits per heavy atom. The molecule has 1 aromatic carbocycles. The van der Waals surface area contributed by atoms with Crippen molar-refractivity contribution in [3.8, 4) is 6.07 Å². The molecule has 1 unspecified atom stereocenters. The summed E-state index contributed by atoms with van der Waals surface area (Å²) in [7, 11) is 0. The Kier molecular flexibility index (Phi) is 4.93. The second-order valence-corrected chi connectivity index (χ2v) is 4.64. The summed E-state index contributed by atoms with van der Waals surface area (Å²) in [4.78, 5) is 0. The number of hydrogen-bond acceptors (Lipinski definition) is 5. The van der Waals surface area contributed by atoms with E-state index >= 15 is 0 Å². The van der Waals surface area contributed by atoms with Crippen LogP contribution in [0.1, 0.15) is 18.2 Å². The summed E-state index contributed by atoms with van der Waals surface area (Å²) in [6.07, 6.45) is 2.29. The summed E-state index contributed by atoms with van der Waals surface area (Å²) < 4.78 is 1.61. The Balaban J connectivity index is 2.08. The lowest BCUT2D eigenvalue weighted by molar-refractivity contribution is 0.276. The van der Waals surface area contributed by atoms with Gasteiger partial charge in [-0.2, -0.15) is 5.26 Å². The molecule has 104 valence electrons. The lowest BCUT2D eigenvalue weighted by Gasteiger charge is -2.10. The molecule has 0 saturated carbocycles. The highest BCUT2D eigenvalue weighted by molar-refractivity contribution is 6.30. The van der Waals surface area contributed by atoms with Crippen LogP contribution in [0.25, 0.3) is 0 Å². The fourth-order valence-electron chi connectivity index (χ4n) is 1.70. The van der Waals surface area contributed by atoms with E-state index in [0.29, 0.717) is 23.7 Å². The summed E-state index contributed by atoms with van der Waals surface area (Å²) in [5.74, 6) is 0. The van der Waals surface area contributed by atoms with Crippen LogP contribution in [0.2, 0.25) is 5.02 Å². The molecule has 0 amide bonds. The molecule has 1 aromatic heterocycles. The molecule has 2 N–H and O–H groups in total. The minimum absolute atomic E-state index is 0.0949. The average Bonchev–Trinajstić information content (AvgIpc) is 2.91. The molecule has 1 heterocycles. The van der Waals surface area contributed by atoms with Gasteiger partial charge in [0, 0.05) is 23.9 Å². The molecule has 1 atom stereocenters. The summed E-state index contributed by atoms with van der Waals surface area (Å²) >= 11 is 5.90. The third kappa shape index (κ3) is 3.70. The molecule has 2 aromatic rings. The van der Waals surface area contributed by atoms with Crippen LogP contribution in [0, 0.1) is 11.3 Å². The summed E-state index contributed by atoms with van der Waals surface area (Å²) in [5, 5.41) is 29.5. The summed E-state index contributed by atoms with van der Waals surface area (Å²) in [6.45, 7) is 0.663. The second kappa shape index (κ2) is 6.89. The monoisotopic (exact) mass is 291 g/mol. The van der Waals surface area contributed by atoms with Crippen molar-refractivity contribution in [2.75, 3.05) is 11.9 Å². The van der Waals surface area contributed by atoms with E-state index < -0.39 is 6.04 Å². The Morgan fingerprint density at radius 1 is 1.50 bits per heavy atom. The van der Waals surface area contributed by atoms with Gasteiger partial charge in [0.05, 0.1) is 12.3 Å². The lowest BCUT2D eigenvalue weighted by atomic mass is 10.2. The molecule has 20 heavy (non-hydrogen) atoms. The van der Waals surface area contributed by atoms with Crippen LogP contribution in [0.5, 0.6) is 0 Å². The highest BCUT2D eigenvalue weighted by atomic mass is 35.5. The van der Waals surface area contributed by atoms with Crippen molar-refractivity contribution in [2.24, 2.45) is 0 Å². The number of anilines is 1. The van der Waals surface area contributed by atoms with Crippen LogP contribution in [0.4, 0.5) is 5.69 Å². The molecule has 2 rings (SSSR count). The number of aromatic nitrogens is 3. The molecule has 0 aliphatic carbocycles. The van der Waals surface area contributed by atoms with Gasteiger partial charge in [-0.25, -0.2) is 0 Å². The maximum Gasteiger partial charge on any atom is 0.160 e. The molecule has 7 heteroatoms. The molecule has 0 fully saturated rings. The highest BCUT2D eigenvalue weighted by Gasteiger charge is 2.14. The predicted octanol–water partition coefficient (Wildman–Crippen LogP) is 1.99. The fraction of sp³-hybridized carbons (Fsp3) is 0.308. The first kappa shape index (κ1) is 14.3. The SMILES string of the molecule is N#CC(Nc1cccc(Cl)c1)c1cn(CCCO)nn1. The zero-order chi connectivity index (χ0) is 14.4. The van der Waals surface area contributed by atoms with Crippen molar-refractivity contribution in [3.05, 3.63) is 41.2 Å². The van der Waals surface area contributed by atoms with E-state index in [1.165, 1.54) is 0 Å². The summed E-state index contributed by atoms with van der Waals surface area (Å²) in [6, 6.07) is 8.67. The Hall–Kier alpha value is -2.10. The van der Waals surface area contributed by atoms with Crippen molar-refractivity contribution in [1.82, 2.24) is 15.0 Å². The molecule has 0 bridgehead atoms. The minimum Gasteiger partial charge on any atom is -0.396 e. The van der Waals surface area contributed by atoms with E-state index in [9.17, 15) is 5.26 Å². The van der Waals surface area contributed by atoms with Crippen LogP contribution in [-0.4, -0.2) is 26.7 Å². The number of halogens is 1. The second-order valence-electron chi connectivity index (χ2n) is 4.20. The number of aliphatic hydroxyl groups is 1. The van der Waals surface area contributed by atoms with Gasteiger partial charge in [-0.3, -0.25) is 4.68 Å². The zero-order valence-electron chi connectivity index (χ0n) is 10.7. The van der Waals surface area contributed by atoms with E-state index in [4.69, 9.17) is 16.7 Å². The Morgan fingerprint density at radius 3 is 3.05 bits per heavy atom. The smallest absolute Gasteiger partial charge is 0.160 e. The average molecular weight is 292 g/mol. The van der Waals surface area contributed by atoms with E-state index in [0.717, 1.165) is 5.69 Å². The first-order chi connectivity index (χ1) is 9.72. The van der Waals surface area contributed by atoms with Gasteiger partial charge >= 0.3 is 0 Å². The quantitative estimate of drug-likeness (QED) is 0.850. The molecule has 6 nitrogen and oxygen atoms in total. The maximum absolute atomic E-state index is 9.23. The zero-order valence-corrected chi connectivity index (χ0v) is 11.5. The molecule has 0 spiro atoms. The van der Waals surface area contributed by atoms with Crippen LogP contribution in [0.15, 0.2) is 30.5 Å². The number of rotatable bonds is 6. The van der Waals surface area contributed by atoms with Gasteiger partial charge in [0.1, 0.15) is 5.69 Å². The standard InChI is InChI=1S/C13H14ClN5O/c14-10-3-1-4-11(7-10)16-12(8-15)13-9-19(18-17-13)5-2-6-20/h1,3-4,7,9,12,16,20H,2,5-6H2. The van der Waals surface area contributed by atoms with E-state index in [2.05, 4.69) is 21.7 Å². The Labute approximate surface area is 121 Å². The highest BCUT2D eigenvalue weighted by Crippen LogP contribution is 2.20. The van der Waals surface area contributed by atoms with Gasteiger partial charge in [-0.1, -0.05) is 22.9 Å². The molecule has 0 saturated heterocycles. The molecule has 0 aliphatic rings. The van der Waals surface area contributed by atoms with Gasteiger partial charge in [-0.05, 0) is 24.6 Å². The van der Waals surface area contributed by atoms with Gasteiger partial charge in [0.2, 0.25) is 0 Å². The van der Waals surface area contributed by atoms with Crippen LogP contribution < -0.4 is 5.32 Å². The van der Waals surface area contributed by atoms with Gasteiger partial charge in [0.15, 0.2) is 6.04 Å². The van der Waals surface area contributed by atoms with Gasteiger partial charge in [0.25, 0.3) is 0 Å². The minimum atomic E-state index is -0.601.